The minimum absolute atomic E-state index is 0.0616. The van der Waals surface area contributed by atoms with Crippen LogP contribution in [0.25, 0.3) is 0 Å². The number of hydrogen-bond donors (Lipinski definition) is 0. The third-order valence-electron chi connectivity index (χ3n) is 5.10. The van der Waals surface area contributed by atoms with Gasteiger partial charge in [-0.3, -0.25) is 0 Å². The predicted octanol–water partition coefficient (Wildman–Crippen LogP) is 5.66. The second-order valence-corrected chi connectivity index (χ2v) is 7.51. The van der Waals surface area contributed by atoms with Gasteiger partial charge in [0, 0.05) is 0 Å². The predicted molar refractivity (Wildman–Crippen MR) is 130 cm³/mol. The summed E-state index contributed by atoms with van der Waals surface area (Å²) in [4.78, 5) is 0. The molecule has 0 saturated carbocycles. The zero-order valence-electron chi connectivity index (χ0n) is 19.3. The van der Waals surface area contributed by atoms with E-state index in [1.807, 2.05) is 0 Å². The Kier molecular flexibility index (Phi) is 7.43. The lowest BCUT2D eigenvalue weighted by Crippen LogP contribution is -2.08. The standard InChI is InChI=1S/C28H24O8/c1-2-22-4-3-21(1)29-17-31-23-5-7-25(8-6-23)33-19-35-27-13-15-28(16-14-27)36-20-34-26-11-9-24(10-12-26)32-18-30-22/h1-16H,17-20H2. The maximum absolute atomic E-state index is 5.64. The van der Waals surface area contributed by atoms with Crippen LogP contribution in [-0.4, -0.2) is 27.2 Å². The lowest BCUT2D eigenvalue weighted by Gasteiger charge is -2.13. The monoisotopic (exact) mass is 488 g/mol. The van der Waals surface area contributed by atoms with Crippen molar-refractivity contribution in [3.05, 3.63) is 97.1 Å². The number of hydrogen-bond acceptors (Lipinski definition) is 8. The first-order chi connectivity index (χ1) is 17.8. The average Bonchev–Trinajstić information content (AvgIpc) is 2.92. The minimum Gasteiger partial charge on any atom is -0.457 e. The SMILES string of the molecule is c1cc2ccc1OCOc1ccc(cc1)OCOc1ccc(cc1)OCOc1ccc(cc1)OCO2. The maximum atomic E-state index is 5.64. The van der Waals surface area contributed by atoms with Crippen molar-refractivity contribution in [2.75, 3.05) is 27.2 Å². The molecule has 4 aromatic carbocycles. The van der Waals surface area contributed by atoms with Crippen molar-refractivity contribution in [1.29, 1.82) is 0 Å². The van der Waals surface area contributed by atoms with E-state index in [-0.39, 0.29) is 27.2 Å². The van der Waals surface area contributed by atoms with E-state index in [1.165, 1.54) is 0 Å². The molecule has 10 aliphatic rings. The Bertz CT molecular complexity index is 917. The molecular weight excluding hydrogens is 464 g/mol. The Morgan fingerprint density at radius 2 is 0.333 bits per heavy atom. The van der Waals surface area contributed by atoms with E-state index in [9.17, 15) is 0 Å². The van der Waals surface area contributed by atoms with Gasteiger partial charge in [0.15, 0.2) is 0 Å². The van der Waals surface area contributed by atoms with Crippen LogP contribution in [0.4, 0.5) is 0 Å². The van der Waals surface area contributed by atoms with Gasteiger partial charge in [-0.25, -0.2) is 0 Å². The van der Waals surface area contributed by atoms with Gasteiger partial charge in [0.1, 0.15) is 46.0 Å². The molecule has 0 unspecified atom stereocenters. The first kappa shape index (κ1) is 23.0. The van der Waals surface area contributed by atoms with Crippen molar-refractivity contribution < 1.29 is 37.9 Å². The molecule has 10 heterocycles. The van der Waals surface area contributed by atoms with Gasteiger partial charge in [0.05, 0.1) is 0 Å². The Morgan fingerprint density at radius 3 is 0.444 bits per heavy atom. The zero-order valence-corrected chi connectivity index (χ0v) is 19.3. The van der Waals surface area contributed by atoms with Crippen molar-refractivity contribution in [3.8, 4) is 46.0 Å². The van der Waals surface area contributed by atoms with Crippen LogP contribution in [-0.2, 0) is 0 Å². The molecule has 8 heteroatoms. The van der Waals surface area contributed by atoms with Gasteiger partial charge in [-0.1, -0.05) is 0 Å². The van der Waals surface area contributed by atoms with E-state index in [4.69, 9.17) is 37.9 Å². The molecule has 4 aromatic rings. The second kappa shape index (κ2) is 11.6. The van der Waals surface area contributed by atoms with Crippen LogP contribution in [0.5, 0.6) is 46.0 Å². The Balaban J connectivity index is 1.23. The van der Waals surface area contributed by atoms with Crippen LogP contribution in [0, 0.1) is 0 Å². The van der Waals surface area contributed by atoms with Gasteiger partial charge in [-0.2, -0.15) is 0 Å². The Labute approximate surface area is 208 Å². The fraction of sp³-hybridized carbons (Fsp3) is 0.143. The average molecular weight is 488 g/mol. The lowest BCUT2D eigenvalue weighted by molar-refractivity contribution is 0.112. The van der Waals surface area contributed by atoms with Gasteiger partial charge >= 0.3 is 0 Å². The molecule has 8 nitrogen and oxygen atoms in total. The largest absolute Gasteiger partial charge is 0.457 e. The van der Waals surface area contributed by atoms with Crippen LogP contribution in [0.1, 0.15) is 0 Å². The van der Waals surface area contributed by atoms with Gasteiger partial charge in [0.25, 0.3) is 0 Å². The summed E-state index contributed by atoms with van der Waals surface area (Å²) in [5.41, 5.74) is 0. The topological polar surface area (TPSA) is 73.8 Å². The van der Waals surface area contributed by atoms with Gasteiger partial charge in [-0.05, 0) is 97.1 Å². The molecule has 184 valence electrons. The third kappa shape index (κ3) is 6.66. The molecule has 0 radical (unpaired) electrons. The molecule has 0 saturated heterocycles. The van der Waals surface area contributed by atoms with Gasteiger partial charge < -0.3 is 37.9 Å². The van der Waals surface area contributed by atoms with E-state index in [0.717, 1.165) is 0 Å². The highest BCUT2D eigenvalue weighted by molar-refractivity contribution is 5.34. The summed E-state index contributed by atoms with van der Waals surface area (Å²) in [7, 11) is 0. The van der Waals surface area contributed by atoms with Crippen molar-refractivity contribution in [3.63, 3.8) is 0 Å². The summed E-state index contributed by atoms with van der Waals surface area (Å²) in [6.07, 6.45) is 0. The number of benzene rings is 4. The minimum atomic E-state index is 0.0616. The quantitative estimate of drug-likeness (QED) is 0.314. The second-order valence-electron chi connectivity index (χ2n) is 7.51. The molecule has 0 fully saturated rings. The maximum Gasteiger partial charge on any atom is 0.230 e. The van der Waals surface area contributed by atoms with E-state index in [2.05, 4.69) is 0 Å². The lowest BCUT2D eigenvalue weighted by atomic mass is 10.3. The first-order valence-corrected chi connectivity index (χ1v) is 11.2. The number of rotatable bonds is 0. The fourth-order valence-electron chi connectivity index (χ4n) is 3.19. The van der Waals surface area contributed by atoms with E-state index in [1.54, 1.807) is 97.1 Å². The molecule has 36 heavy (non-hydrogen) atoms. The highest BCUT2D eigenvalue weighted by Gasteiger charge is 2.03. The fourth-order valence-corrected chi connectivity index (χ4v) is 3.19. The van der Waals surface area contributed by atoms with E-state index >= 15 is 0 Å². The number of ether oxygens (including phenoxy) is 8. The van der Waals surface area contributed by atoms with Crippen molar-refractivity contribution >= 4 is 0 Å². The third-order valence-corrected chi connectivity index (χ3v) is 5.10. The highest BCUT2D eigenvalue weighted by atomic mass is 16.7. The molecule has 10 aliphatic heterocycles. The van der Waals surface area contributed by atoms with Gasteiger partial charge in [0.2, 0.25) is 27.2 Å². The summed E-state index contributed by atoms with van der Waals surface area (Å²) in [6, 6.07) is 28.8. The van der Waals surface area contributed by atoms with E-state index < -0.39 is 0 Å². The van der Waals surface area contributed by atoms with Crippen molar-refractivity contribution in [2.24, 2.45) is 0 Å². The zero-order chi connectivity index (χ0) is 24.4. The Hall–Kier alpha value is -4.72. The van der Waals surface area contributed by atoms with Crippen LogP contribution in [0.2, 0.25) is 0 Å². The molecule has 0 spiro atoms. The van der Waals surface area contributed by atoms with Crippen LogP contribution in [0.3, 0.4) is 0 Å². The molecule has 8 bridgehead atoms. The summed E-state index contributed by atoms with van der Waals surface area (Å²) >= 11 is 0. The van der Waals surface area contributed by atoms with Crippen LogP contribution in [0.15, 0.2) is 97.1 Å². The van der Waals surface area contributed by atoms with E-state index in [0.29, 0.717) is 46.0 Å². The summed E-state index contributed by atoms with van der Waals surface area (Å²) in [5, 5.41) is 0. The summed E-state index contributed by atoms with van der Waals surface area (Å²) in [5.74, 6) is 5.23. The molecule has 0 amide bonds. The normalized spacial score (nSPS) is 13.8. The first-order valence-electron chi connectivity index (χ1n) is 11.2. The summed E-state index contributed by atoms with van der Waals surface area (Å²) in [6.45, 7) is 0.246. The Morgan fingerprint density at radius 1 is 0.222 bits per heavy atom. The molecule has 14 rings (SSSR count). The van der Waals surface area contributed by atoms with Gasteiger partial charge in [-0.15, -0.1) is 0 Å². The summed E-state index contributed by atoms with van der Waals surface area (Å²) < 4.78 is 45.1. The molecule has 0 aliphatic carbocycles. The highest BCUT2D eigenvalue weighted by Crippen LogP contribution is 2.23. The van der Waals surface area contributed by atoms with Crippen LogP contribution < -0.4 is 37.9 Å². The molecule has 0 N–H and O–H groups in total. The van der Waals surface area contributed by atoms with Crippen LogP contribution >= 0.6 is 0 Å². The smallest absolute Gasteiger partial charge is 0.230 e. The van der Waals surface area contributed by atoms with Crippen molar-refractivity contribution in [1.82, 2.24) is 0 Å². The van der Waals surface area contributed by atoms with Crippen molar-refractivity contribution in [2.45, 2.75) is 0 Å². The molecular formula is C28H24O8. The molecule has 0 aromatic heterocycles. The molecule has 0 atom stereocenters.